The topological polar surface area (TPSA) is 115 Å². The number of carbonyl (C=O) groups excluding carboxylic acids is 1. The molecule has 1 spiro atoms. The van der Waals surface area contributed by atoms with E-state index in [1.54, 1.807) is 19.0 Å². The van der Waals surface area contributed by atoms with E-state index in [4.69, 9.17) is 25.2 Å². The van der Waals surface area contributed by atoms with Gasteiger partial charge in [-0.1, -0.05) is 6.07 Å². The summed E-state index contributed by atoms with van der Waals surface area (Å²) in [5.74, 6) is 0.682. The molecule has 4 aliphatic heterocycles. The van der Waals surface area contributed by atoms with Gasteiger partial charge in [-0.2, -0.15) is 15.1 Å². The number of aryl methyl sites for hydroxylation is 2. The Morgan fingerprint density at radius 2 is 2.04 bits per heavy atom. The van der Waals surface area contributed by atoms with Crippen molar-refractivity contribution in [3.05, 3.63) is 58.0 Å². The highest BCUT2D eigenvalue weighted by Crippen LogP contribution is 2.47. The molecule has 2 fully saturated rings. The Hall–Kier alpha value is -3.77. The lowest BCUT2D eigenvalue weighted by atomic mass is 9.74. The van der Waals surface area contributed by atoms with Crippen LogP contribution in [-0.4, -0.2) is 87.5 Å². The maximum absolute atomic E-state index is 14.6. The summed E-state index contributed by atoms with van der Waals surface area (Å²) in [6.45, 7) is 4.14. The molecular formula is C34H43FN8O3. The summed E-state index contributed by atoms with van der Waals surface area (Å²) < 4.78 is 29.8. The maximum atomic E-state index is 14.6. The van der Waals surface area contributed by atoms with Gasteiger partial charge in [0.15, 0.2) is 5.69 Å². The van der Waals surface area contributed by atoms with Gasteiger partial charge in [0.05, 0.1) is 35.7 Å². The molecule has 46 heavy (non-hydrogen) atoms. The first-order chi connectivity index (χ1) is 22.2. The van der Waals surface area contributed by atoms with E-state index in [9.17, 15) is 9.18 Å². The molecule has 1 aromatic carbocycles. The fourth-order valence-corrected chi connectivity index (χ4v) is 8.54. The van der Waals surface area contributed by atoms with E-state index in [1.165, 1.54) is 5.56 Å². The second kappa shape index (κ2) is 11.2. The SMILES string of the molecule is CN(C)C(=O)c1cc2n(n1)CCCN(c1nc(OC[C@@]34CCCN3C[C@H](F)C4)nc3c1COC1(CCCc4ccc(N)cc41)C3)C2. The number of nitrogen functional groups attached to an aromatic ring is 1. The van der Waals surface area contributed by atoms with Crippen LogP contribution in [-0.2, 0) is 42.9 Å². The monoisotopic (exact) mass is 630 g/mol. The van der Waals surface area contributed by atoms with Gasteiger partial charge in [0, 0.05) is 57.8 Å². The van der Waals surface area contributed by atoms with Gasteiger partial charge in [0.25, 0.3) is 5.91 Å². The van der Waals surface area contributed by atoms with Crippen LogP contribution in [0.5, 0.6) is 6.01 Å². The van der Waals surface area contributed by atoms with Crippen molar-refractivity contribution < 1.29 is 18.7 Å². The third-order valence-electron chi connectivity index (χ3n) is 10.8. The van der Waals surface area contributed by atoms with Crippen LogP contribution in [0.15, 0.2) is 24.3 Å². The number of carbonyl (C=O) groups is 1. The quantitative estimate of drug-likeness (QED) is 0.422. The Bertz CT molecular complexity index is 1680. The standard InChI is InChI=1S/C34H43FN8O3/c1-40(2)31(44)28-15-25-19-41(11-5-13-43(25)39-28)30-26-20-46-34(10-3-6-22-7-8-24(36)14-27(22)34)17-29(26)37-32(38-30)45-21-33-9-4-12-42(33)18-23(35)16-33/h7-8,14-15,23H,3-6,9-13,16-21,36H2,1-2H3/t23-,33+,34?/m1/s1. The number of fused-ring (bicyclic) bond motifs is 5. The fourth-order valence-electron chi connectivity index (χ4n) is 8.54. The molecule has 3 atom stereocenters. The predicted octanol–water partition coefficient (Wildman–Crippen LogP) is 3.63. The molecule has 1 amide bonds. The van der Waals surface area contributed by atoms with Gasteiger partial charge in [0.1, 0.15) is 18.6 Å². The highest BCUT2D eigenvalue weighted by molar-refractivity contribution is 5.92. The zero-order valence-electron chi connectivity index (χ0n) is 26.8. The van der Waals surface area contributed by atoms with Crippen molar-refractivity contribution >= 4 is 17.4 Å². The van der Waals surface area contributed by atoms with Gasteiger partial charge in [-0.15, -0.1) is 0 Å². The van der Waals surface area contributed by atoms with Crippen LogP contribution >= 0.6 is 0 Å². The van der Waals surface area contributed by atoms with E-state index in [2.05, 4.69) is 27.0 Å². The number of amides is 1. The van der Waals surface area contributed by atoms with Crippen LogP contribution in [0.3, 0.4) is 0 Å². The van der Waals surface area contributed by atoms with Crippen LogP contribution < -0.4 is 15.4 Å². The number of nitrogens with zero attached hydrogens (tertiary/aromatic N) is 7. The average Bonchev–Trinajstić information content (AvgIpc) is 3.66. The van der Waals surface area contributed by atoms with Gasteiger partial charge in [-0.3, -0.25) is 14.4 Å². The lowest BCUT2D eigenvalue weighted by Gasteiger charge is -2.43. The molecule has 1 unspecified atom stereocenters. The highest BCUT2D eigenvalue weighted by atomic mass is 19.1. The van der Waals surface area contributed by atoms with Crippen molar-refractivity contribution in [1.82, 2.24) is 29.5 Å². The lowest BCUT2D eigenvalue weighted by Crippen LogP contribution is -2.44. The molecule has 0 radical (unpaired) electrons. The van der Waals surface area contributed by atoms with Crippen molar-refractivity contribution in [2.75, 3.05) is 51.0 Å². The van der Waals surface area contributed by atoms with E-state index in [-0.39, 0.29) is 11.4 Å². The van der Waals surface area contributed by atoms with Crippen molar-refractivity contribution in [2.45, 2.75) is 88.4 Å². The molecule has 12 heteroatoms. The number of hydrogen-bond acceptors (Lipinski definition) is 9. The minimum atomic E-state index is -0.828. The molecule has 2 aromatic heterocycles. The van der Waals surface area contributed by atoms with Gasteiger partial charge >= 0.3 is 6.01 Å². The molecule has 2 N–H and O–H groups in total. The molecule has 1 aliphatic carbocycles. The predicted molar refractivity (Wildman–Crippen MR) is 170 cm³/mol. The fraction of sp³-hybridized carbons (Fsp3) is 0.588. The molecule has 2 saturated heterocycles. The maximum Gasteiger partial charge on any atom is 0.318 e. The Morgan fingerprint density at radius 3 is 2.91 bits per heavy atom. The summed E-state index contributed by atoms with van der Waals surface area (Å²) in [7, 11) is 3.48. The third kappa shape index (κ3) is 5.00. The molecule has 8 rings (SSSR count). The second-order valence-electron chi connectivity index (χ2n) is 14.1. The highest BCUT2D eigenvalue weighted by Gasteiger charge is 2.50. The van der Waals surface area contributed by atoms with Gasteiger partial charge in [-0.25, -0.2) is 4.39 Å². The van der Waals surface area contributed by atoms with Crippen molar-refractivity contribution in [3.8, 4) is 6.01 Å². The molecule has 5 aliphatic rings. The van der Waals surface area contributed by atoms with Crippen LogP contribution in [0.4, 0.5) is 15.9 Å². The van der Waals surface area contributed by atoms with Gasteiger partial charge < -0.3 is 25.0 Å². The largest absolute Gasteiger partial charge is 0.461 e. The molecule has 6 heterocycles. The average molecular weight is 631 g/mol. The van der Waals surface area contributed by atoms with Crippen LogP contribution in [0.25, 0.3) is 0 Å². The lowest BCUT2D eigenvalue weighted by molar-refractivity contribution is -0.0855. The van der Waals surface area contributed by atoms with Gasteiger partial charge in [0.2, 0.25) is 0 Å². The summed E-state index contributed by atoms with van der Waals surface area (Å²) >= 11 is 0. The molecule has 244 valence electrons. The molecular weight excluding hydrogens is 587 g/mol. The number of hydrogen-bond donors (Lipinski definition) is 1. The van der Waals surface area contributed by atoms with E-state index < -0.39 is 11.8 Å². The first-order valence-corrected chi connectivity index (χ1v) is 16.7. The van der Waals surface area contributed by atoms with Crippen LogP contribution in [0.1, 0.15) is 77.1 Å². The zero-order valence-corrected chi connectivity index (χ0v) is 26.8. The number of ether oxygens (including phenoxy) is 2. The smallest absolute Gasteiger partial charge is 0.318 e. The number of anilines is 2. The van der Waals surface area contributed by atoms with Crippen molar-refractivity contribution in [2.24, 2.45) is 0 Å². The van der Waals surface area contributed by atoms with E-state index in [1.807, 2.05) is 16.8 Å². The Kier molecular flexibility index (Phi) is 7.20. The van der Waals surface area contributed by atoms with E-state index >= 15 is 0 Å². The first kappa shape index (κ1) is 29.6. The minimum Gasteiger partial charge on any atom is -0.461 e. The number of benzene rings is 1. The van der Waals surface area contributed by atoms with E-state index in [0.717, 1.165) is 85.6 Å². The molecule has 0 saturated carbocycles. The summed E-state index contributed by atoms with van der Waals surface area (Å²) in [5, 5.41) is 4.63. The first-order valence-electron chi connectivity index (χ1n) is 16.7. The second-order valence-corrected chi connectivity index (χ2v) is 14.1. The van der Waals surface area contributed by atoms with Crippen molar-refractivity contribution in [1.29, 1.82) is 0 Å². The van der Waals surface area contributed by atoms with Crippen molar-refractivity contribution in [3.63, 3.8) is 0 Å². The Morgan fingerprint density at radius 1 is 1.15 bits per heavy atom. The number of nitrogens with two attached hydrogens (primary N) is 1. The molecule has 3 aromatic rings. The number of alkyl halides is 1. The van der Waals surface area contributed by atoms with E-state index in [0.29, 0.717) is 57.4 Å². The zero-order chi connectivity index (χ0) is 31.6. The number of rotatable bonds is 5. The summed E-state index contributed by atoms with van der Waals surface area (Å²) in [6, 6.07) is 8.40. The molecule has 0 bridgehead atoms. The number of halogens is 1. The van der Waals surface area contributed by atoms with Gasteiger partial charge in [-0.05, 0) is 74.4 Å². The van der Waals surface area contributed by atoms with Crippen LogP contribution in [0, 0.1) is 0 Å². The summed E-state index contributed by atoms with van der Waals surface area (Å²) in [4.78, 5) is 28.9. The summed E-state index contributed by atoms with van der Waals surface area (Å²) in [5.41, 5.74) is 12.0. The number of aromatic nitrogens is 4. The Labute approximate surface area is 268 Å². The normalized spacial score (nSPS) is 27.1. The third-order valence-corrected chi connectivity index (χ3v) is 10.8. The minimum absolute atomic E-state index is 0.114. The Balaban J connectivity index is 1.16. The molecule has 11 nitrogen and oxygen atoms in total. The summed E-state index contributed by atoms with van der Waals surface area (Å²) in [6.07, 6.45) is 5.99. The van der Waals surface area contributed by atoms with Crippen LogP contribution in [0.2, 0.25) is 0 Å².